The van der Waals surface area contributed by atoms with E-state index in [4.69, 9.17) is 9.88 Å². The Morgan fingerprint density at radius 3 is 2.79 bits per heavy atom. The van der Waals surface area contributed by atoms with Crippen molar-refractivity contribution in [3.63, 3.8) is 0 Å². The van der Waals surface area contributed by atoms with Crippen molar-refractivity contribution in [2.75, 3.05) is 26.2 Å². The number of hydrogen-bond acceptors (Lipinski definition) is 6. The number of pyridine rings is 1. The number of nitrogens with one attached hydrogen (secondary N) is 1. The summed E-state index contributed by atoms with van der Waals surface area (Å²) in [5.74, 6) is 0.101. The van der Waals surface area contributed by atoms with Crippen LogP contribution in [0.15, 0.2) is 41.6 Å². The number of primary sulfonamides is 1. The van der Waals surface area contributed by atoms with Crippen molar-refractivity contribution < 1.29 is 17.5 Å². The third kappa shape index (κ3) is 5.26. The molecule has 2 heterocycles. The smallest absolute Gasteiger partial charge is 0.255 e. The molecule has 3 N–H and O–H groups in total. The lowest BCUT2D eigenvalue weighted by Crippen LogP contribution is -2.50. The number of rotatable bonds is 6. The summed E-state index contributed by atoms with van der Waals surface area (Å²) in [4.78, 5) is 6.11. The quantitative estimate of drug-likeness (QED) is 0.753. The molecule has 1 fully saturated rings. The Morgan fingerprint density at radius 1 is 1.39 bits per heavy atom. The van der Waals surface area contributed by atoms with Crippen LogP contribution in [0.25, 0.3) is 0 Å². The van der Waals surface area contributed by atoms with E-state index in [2.05, 4.69) is 22.1 Å². The lowest BCUT2D eigenvalue weighted by molar-refractivity contribution is 0.112. The highest BCUT2D eigenvalue weighted by molar-refractivity contribution is 7.89. The normalized spacial score (nSPS) is 19.4. The molecule has 28 heavy (non-hydrogen) atoms. The van der Waals surface area contributed by atoms with Gasteiger partial charge in [0.25, 0.3) is 10.0 Å². The Hall–Kier alpha value is -2.07. The molecule has 1 aromatic heterocycles. The minimum Gasteiger partial charge on any atom is -0.483 e. The highest BCUT2D eigenvalue weighted by Crippen LogP contribution is 2.25. The molecule has 0 radical (unpaired) electrons. The number of benzene rings is 1. The van der Waals surface area contributed by atoms with Crippen LogP contribution in [0.1, 0.15) is 24.2 Å². The highest BCUT2D eigenvalue weighted by atomic mass is 32.2. The Morgan fingerprint density at radius 2 is 2.18 bits per heavy atom. The van der Waals surface area contributed by atoms with Gasteiger partial charge in [-0.3, -0.25) is 4.90 Å². The zero-order chi connectivity index (χ0) is 20.3. The van der Waals surface area contributed by atoms with Crippen LogP contribution in [-0.4, -0.2) is 50.5 Å². The molecular weight excluding hydrogens is 383 g/mol. The molecule has 1 aliphatic heterocycles. The van der Waals surface area contributed by atoms with Gasteiger partial charge in [0, 0.05) is 32.2 Å². The molecule has 3 rings (SSSR count). The van der Waals surface area contributed by atoms with Crippen LogP contribution in [0.3, 0.4) is 0 Å². The molecular formula is C19H25FN4O3S. The van der Waals surface area contributed by atoms with Gasteiger partial charge in [0.1, 0.15) is 17.7 Å². The van der Waals surface area contributed by atoms with Crippen LogP contribution in [0.5, 0.6) is 5.75 Å². The molecule has 0 saturated carbocycles. The second-order valence-electron chi connectivity index (χ2n) is 7.11. The average molecular weight is 408 g/mol. The van der Waals surface area contributed by atoms with Crippen molar-refractivity contribution in [2.24, 2.45) is 5.14 Å². The third-order valence-electron chi connectivity index (χ3n) is 4.72. The first kappa shape index (κ1) is 20.7. The van der Waals surface area contributed by atoms with Crippen molar-refractivity contribution in [1.29, 1.82) is 0 Å². The second-order valence-corrected chi connectivity index (χ2v) is 8.62. The minimum absolute atomic E-state index is 0.228. The number of piperazine rings is 1. The van der Waals surface area contributed by atoms with E-state index >= 15 is 0 Å². The fourth-order valence-electron chi connectivity index (χ4n) is 3.20. The number of hydrogen-bond donors (Lipinski definition) is 2. The van der Waals surface area contributed by atoms with E-state index in [9.17, 15) is 12.8 Å². The van der Waals surface area contributed by atoms with Crippen molar-refractivity contribution >= 4 is 10.0 Å². The molecule has 9 heteroatoms. The van der Waals surface area contributed by atoms with Gasteiger partial charge in [-0.15, -0.1) is 0 Å². The van der Waals surface area contributed by atoms with Crippen LogP contribution in [-0.2, 0) is 10.0 Å². The average Bonchev–Trinajstić information content (AvgIpc) is 2.63. The summed E-state index contributed by atoms with van der Waals surface area (Å²) in [6.07, 6.45) is 0.889. The van der Waals surface area contributed by atoms with Gasteiger partial charge in [-0.25, -0.2) is 22.9 Å². The summed E-state index contributed by atoms with van der Waals surface area (Å²) in [5.41, 5.74) is 1.28. The Bertz CT molecular complexity index is 921. The zero-order valence-corrected chi connectivity index (χ0v) is 16.7. The molecule has 1 aromatic carbocycles. The molecule has 0 amide bonds. The number of ether oxygens (including phenoxy) is 1. The predicted octanol–water partition coefficient (Wildman–Crippen LogP) is 1.59. The summed E-state index contributed by atoms with van der Waals surface area (Å²) >= 11 is 0. The first-order valence-corrected chi connectivity index (χ1v) is 10.6. The predicted molar refractivity (Wildman–Crippen MR) is 104 cm³/mol. The van der Waals surface area contributed by atoms with Gasteiger partial charge in [-0.1, -0.05) is 12.1 Å². The maximum atomic E-state index is 14.1. The van der Waals surface area contributed by atoms with Crippen LogP contribution >= 0.6 is 0 Å². The van der Waals surface area contributed by atoms with Gasteiger partial charge in [-0.2, -0.15) is 0 Å². The van der Waals surface area contributed by atoms with E-state index < -0.39 is 16.1 Å². The van der Waals surface area contributed by atoms with E-state index in [1.54, 1.807) is 13.0 Å². The Labute approximate surface area is 164 Å². The molecule has 0 aliphatic carbocycles. The van der Waals surface area contributed by atoms with E-state index in [1.165, 1.54) is 24.4 Å². The summed E-state index contributed by atoms with van der Waals surface area (Å²) in [5, 5.41) is 8.24. The number of sulfonamides is 1. The van der Waals surface area contributed by atoms with Gasteiger partial charge in [0.15, 0.2) is 5.03 Å². The standard InChI is InChI=1S/C19H25FN4O3S/c1-13-3-4-15(9-17(13)20)18(12-24-8-7-22-14(2)11-24)27-16-5-6-19(23-10-16)28(21,25)26/h3-6,9-10,14,18,22H,7-8,11-12H2,1-2H3,(H2,21,25,26)/t14-,18?/m1/s1. The second kappa shape index (κ2) is 8.52. The van der Waals surface area contributed by atoms with Gasteiger partial charge < -0.3 is 10.1 Å². The van der Waals surface area contributed by atoms with E-state index in [-0.39, 0.29) is 10.8 Å². The van der Waals surface area contributed by atoms with Crippen molar-refractivity contribution in [3.05, 3.63) is 53.5 Å². The molecule has 0 bridgehead atoms. The van der Waals surface area contributed by atoms with E-state index in [0.29, 0.717) is 29.5 Å². The molecule has 1 saturated heterocycles. The first-order chi connectivity index (χ1) is 13.2. The van der Waals surface area contributed by atoms with Crippen molar-refractivity contribution in [3.8, 4) is 5.75 Å². The van der Waals surface area contributed by atoms with Crippen molar-refractivity contribution in [1.82, 2.24) is 15.2 Å². The van der Waals surface area contributed by atoms with E-state index in [0.717, 1.165) is 19.6 Å². The molecule has 0 spiro atoms. The number of aromatic nitrogens is 1. The van der Waals surface area contributed by atoms with Crippen LogP contribution < -0.4 is 15.2 Å². The van der Waals surface area contributed by atoms with Crippen molar-refractivity contribution in [2.45, 2.75) is 31.0 Å². The van der Waals surface area contributed by atoms with Gasteiger partial charge in [0.05, 0.1) is 6.20 Å². The molecule has 2 atom stereocenters. The first-order valence-electron chi connectivity index (χ1n) is 9.09. The van der Waals surface area contributed by atoms with Gasteiger partial charge in [0.2, 0.25) is 0 Å². The Balaban J connectivity index is 1.83. The highest BCUT2D eigenvalue weighted by Gasteiger charge is 2.23. The van der Waals surface area contributed by atoms with Gasteiger partial charge >= 0.3 is 0 Å². The lowest BCUT2D eigenvalue weighted by atomic mass is 10.1. The molecule has 2 aromatic rings. The fraction of sp³-hybridized carbons (Fsp3) is 0.421. The van der Waals surface area contributed by atoms with Crippen LogP contribution in [0.4, 0.5) is 4.39 Å². The number of aryl methyl sites for hydroxylation is 1. The molecule has 1 unspecified atom stereocenters. The summed E-state index contributed by atoms with van der Waals surface area (Å²) < 4.78 is 42.9. The van der Waals surface area contributed by atoms with Gasteiger partial charge in [-0.05, 0) is 43.2 Å². The summed E-state index contributed by atoms with van der Waals surface area (Å²) in [6, 6.07) is 8.22. The maximum Gasteiger partial charge on any atom is 0.255 e. The largest absolute Gasteiger partial charge is 0.483 e. The SMILES string of the molecule is Cc1ccc(C(CN2CCN[C@H](C)C2)Oc2ccc(S(N)(=O)=O)nc2)cc1F. The Kier molecular flexibility index (Phi) is 6.29. The minimum atomic E-state index is -3.87. The molecule has 1 aliphatic rings. The maximum absolute atomic E-state index is 14.1. The molecule has 152 valence electrons. The van der Waals surface area contributed by atoms with E-state index in [1.807, 2.05) is 6.07 Å². The number of nitrogens with zero attached hydrogens (tertiary/aromatic N) is 2. The molecule has 7 nitrogen and oxygen atoms in total. The third-order valence-corrected chi connectivity index (χ3v) is 5.55. The fourth-order valence-corrected chi connectivity index (χ4v) is 3.66. The lowest BCUT2D eigenvalue weighted by Gasteiger charge is -2.34. The summed E-state index contributed by atoms with van der Waals surface area (Å²) in [7, 11) is -3.87. The summed E-state index contributed by atoms with van der Waals surface area (Å²) in [6.45, 7) is 7.00. The zero-order valence-electron chi connectivity index (χ0n) is 15.9. The van der Waals surface area contributed by atoms with Crippen LogP contribution in [0, 0.1) is 12.7 Å². The topological polar surface area (TPSA) is 97.5 Å². The monoisotopic (exact) mass is 408 g/mol. The van der Waals surface area contributed by atoms with Crippen LogP contribution in [0.2, 0.25) is 0 Å². The number of halogens is 1. The number of nitrogens with two attached hydrogens (primary N) is 1.